The van der Waals surface area contributed by atoms with Crippen molar-refractivity contribution in [1.82, 2.24) is 20.4 Å². The number of carbonyl (C=O) groups is 2. The summed E-state index contributed by atoms with van der Waals surface area (Å²) in [7, 11) is 1.54. The molecule has 2 aromatic rings. The second-order valence-corrected chi connectivity index (χ2v) is 7.85. The molecular weight excluding hydrogens is 368 g/mol. The molecule has 0 saturated heterocycles. The van der Waals surface area contributed by atoms with E-state index < -0.39 is 5.60 Å². The Hall–Kier alpha value is -2.67. The summed E-state index contributed by atoms with van der Waals surface area (Å²) in [6.45, 7) is 3.94. The molecule has 1 aliphatic rings. The van der Waals surface area contributed by atoms with E-state index in [0.29, 0.717) is 18.5 Å². The molecule has 1 aliphatic carbocycles. The molecular formula is C22H30N4O3. The van der Waals surface area contributed by atoms with Crippen LogP contribution >= 0.6 is 0 Å². The van der Waals surface area contributed by atoms with E-state index in [-0.39, 0.29) is 29.6 Å². The fourth-order valence-corrected chi connectivity index (χ4v) is 3.88. The lowest BCUT2D eigenvalue weighted by Gasteiger charge is -2.35. The first-order valence-corrected chi connectivity index (χ1v) is 10.3. The van der Waals surface area contributed by atoms with E-state index in [9.17, 15) is 14.7 Å². The summed E-state index contributed by atoms with van der Waals surface area (Å²) in [6, 6.07) is 11.1. The van der Waals surface area contributed by atoms with Gasteiger partial charge >= 0.3 is 0 Å². The number of aliphatic hydroxyl groups is 1. The molecule has 1 saturated carbocycles. The summed E-state index contributed by atoms with van der Waals surface area (Å²) in [5, 5.41) is 20.5. The Balaban J connectivity index is 1.82. The summed E-state index contributed by atoms with van der Waals surface area (Å²) < 4.78 is 1.61. The van der Waals surface area contributed by atoms with Crippen LogP contribution in [0, 0.1) is 0 Å². The number of rotatable bonds is 6. The Kier molecular flexibility index (Phi) is 6.37. The first-order chi connectivity index (χ1) is 13.9. The van der Waals surface area contributed by atoms with Gasteiger partial charge in [0.05, 0.1) is 11.6 Å². The van der Waals surface area contributed by atoms with E-state index in [4.69, 9.17) is 0 Å². The average molecular weight is 399 g/mol. The van der Waals surface area contributed by atoms with E-state index in [2.05, 4.69) is 15.7 Å². The number of aromatic nitrogens is 2. The van der Waals surface area contributed by atoms with Crippen molar-refractivity contribution >= 4 is 11.8 Å². The van der Waals surface area contributed by atoms with Crippen LogP contribution in [0.4, 0.5) is 0 Å². The minimum atomic E-state index is -0.614. The van der Waals surface area contributed by atoms with Crippen molar-refractivity contribution in [3.05, 3.63) is 53.3 Å². The third-order valence-corrected chi connectivity index (χ3v) is 5.99. The third-order valence-electron chi connectivity index (χ3n) is 5.99. The molecule has 1 heterocycles. The van der Waals surface area contributed by atoms with Crippen LogP contribution in [-0.4, -0.2) is 45.4 Å². The number of nitrogens with zero attached hydrogens (tertiary/aromatic N) is 2. The highest BCUT2D eigenvalue weighted by Crippen LogP contribution is 2.31. The Morgan fingerprint density at radius 1 is 1.24 bits per heavy atom. The van der Waals surface area contributed by atoms with E-state index >= 15 is 0 Å². The Morgan fingerprint density at radius 3 is 2.48 bits per heavy atom. The van der Waals surface area contributed by atoms with Crippen LogP contribution < -0.4 is 10.6 Å². The summed E-state index contributed by atoms with van der Waals surface area (Å²) in [5.41, 5.74) is 0.955. The standard InChI is InChI=1S/C22H30N4O3/c1-4-22(29)12-10-17(11-13-22)24-21(28)19-14-18(20(27)23-3)25-26(19)15(2)16-8-6-5-7-9-16/h5-9,14-15,17,29H,4,10-13H2,1-3H3,(H,23,27)(H,24,28). The molecule has 2 amide bonds. The van der Waals surface area contributed by atoms with Gasteiger partial charge in [-0.15, -0.1) is 0 Å². The summed E-state index contributed by atoms with van der Waals surface area (Å²) >= 11 is 0. The van der Waals surface area contributed by atoms with Gasteiger partial charge in [-0.05, 0) is 44.6 Å². The minimum absolute atomic E-state index is 0.00755. The third kappa shape index (κ3) is 4.67. The quantitative estimate of drug-likeness (QED) is 0.697. The van der Waals surface area contributed by atoms with Crippen LogP contribution in [0.3, 0.4) is 0 Å². The zero-order valence-electron chi connectivity index (χ0n) is 17.3. The van der Waals surface area contributed by atoms with Gasteiger partial charge in [0, 0.05) is 19.2 Å². The smallest absolute Gasteiger partial charge is 0.271 e. The zero-order valence-corrected chi connectivity index (χ0v) is 17.3. The van der Waals surface area contributed by atoms with Crippen LogP contribution in [-0.2, 0) is 0 Å². The van der Waals surface area contributed by atoms with Crippen LogP contribution in [0.5, 0.6) is 0 Å². The highest BCUT2D eigenvalue weighted by atomic mass is 16.3. The van der Waals surface area contributed by atoms with Crippen molar-refractivity contribution in [3.8, 4) is 0 Å². The highest BCUT2D eigenvalue weighted by molar-refractivity contribution is 5.98. The van der Waals surface area contributed by atoms with Gasteiger partial charge < -0.3 is 15.7 Å². The maximum atomic E-state index is 13.1. The van der Waals surface area contributed by atoms with Crippen molar-refractivity contribution in [1.29, 1.82) is 0 Å². The van der Waals surface area contributed by atoms with Crippen LogP contribution in [0.25, 0.3) is 0 Å². The molecule has 3 rings (SSSR count). The minimum Gasteiger partial charge on any atom is -0.390 e. The monoisotopic (exact) mass is 398 g/mol. The molecule has 1 atom stereocenters. The number of hydrogen-bond donors (Lipinski definition) is 3. The van der Waals surface area contributed by atoms with E-state index in [1.165, 1.54) is 0 Å². The predicted octanol–water partition coefficient (Wildman–Crippen LogP) is 2.67. The predicted molar refractivity (Wildman–Crippen MR) is 111 cm³/mol. The molecule has 29 heavy (non-hydrogen) atoms. The van der Waals surface area contributed by atoms with Crippen LogP contribution in [0.15, 0.2) is 36.4 Å². The van der Waals surface area contributed by atoms with Gasteiger partial charge in [0.15, 0.2) is 5.69 Å². The molecule has 7 heteroatoms. The molecule has 1 aromatic heterocycles. The molecule has 1 fully saturated rings. The van der Waals surface area contributed by atoms with E-state index in [1.54, 1.807) is 17.8 Å². The van der Waals surface area contributed by atoms with Crippen LogP contribution in [0.2, 0.25) is 0 Å². The second-order valence-electron chi connectivity index (χ2n) is 7.85. The van der Waals surface area contributed by atoms with Crippen molar-refractivity contribution in [2.24, 2.45) is 0 Å². The number of hydrogen-bond acceptors (Lipinski definition) is 4. The molecule has 0 bridgehead atoms. The Morgan fingerprint density at radius 2 is 1.90 bits per heavy atom. The van der Waals surface area contributed by atoms with Crippen LogP contribution in [0.1, 0.15) is 78.5 Å². The first kappa shape index (κ1) is 21.0. The summed E-state index contributed by atoms with van der Waals surface area (Å²) in [6.07, 6.45) is 3.56. The van der Waals surface area contributed by atoms with Gasteiger partial charge in [0.1, 0.15) is 5.69 Å². The largest absolute Gasteiger partial charge is 0.390 e. The highest BCUT2D eigenvalue weighted by Gasteiger charge is 2.33. The zero-order chi connectivity index (χ0) is 21.0. The SMILES string of the molecule is CCC1(O)CCC(NC(=O)c2cc(C(=O)NC)nn2C(C)c2ccccc2)CC1. The van der Waals surface area contributed by atoms with E-state index in [1.807, 2.05) is 44.2 Å². The lowest BCUT2D eigenvalue weighted by molar-refractivity contribution is -0.00656. The number of amides is 2. The second kappa shape index (κ2) is 8.78. The van der Waals surface area contributed by atoms with Gasteiger partial charge in [0.25, 0.3) is 11.8 Å². The fraction of sp³-hybridized carbons (Fsp3) is 0.500. The average Bonchev–Trinajstić information content (AvgIpc) is 3.20. The molecule has 7 nitrogen and oxygen atoms in total. The van der Waals surface area contributed by atoms with E-state index in [0.717, 1.165) is 24.8 Å². The molecule has 1 aromatic carbocycles. The van der Waals surface area contributed by atoms with Gasteiger partial charge in [-0.2, -0.15) is 5.10 Å². The van der Waals surface area contributed by atoms with Gasteiger partial charge in [-0.25, -0.2) is 0 Å². The number of nitrogens with one attached hydrogen (secondary N) is 2. The van der Waals surface area contributed by atoms with Gasteiger partial charge in [-0.3, -0.25) is 14.3 Å². The lowest BCUT2D eigenvalue weighted by atomic mass is 9.80. The lowest BCUT2D eigenvalue weighted by Crippen LogP contribution is -2.43. The van der Waals surface area contributed by atoms with Gasteiger partial charge in [-0.1, -0.05) is 37.3 Å². The van der Waals surface area contributed by atoms with Gasteiger partial charge in [0.2, 0.25) is 0 Å². The first-order valence-electron chi connectivity index (χ1n) is 10.3. The molecule has 0 aliphatic heterocycles. The fourth-order valence-electron chi connectivity index (χ4n) is 3.88. The topological polar surface area (TPSA) is 96.2 Å². The van der Waals surface area contributed by atoms with Crippen molar-refractivity contribution < 1.29 is 14.7 Å². The number of benzene rings is 1. The van der Waals surface area contributed by atoms with Crippen molar-refractivity contribution in [2.45, 2.75) is 63.6 Å². The summed E-state index contributed by atoms with van der Waals surface area (Å²) in [5.74, 6) is -0.578. The summed E-state index contributed by atoms with van der Waals surface area (Å²) in [4.78, 5) is 25.2. The normalized spacial score (nSPS) is 22.7. The molecule has 0 radical (unpaired) electrons. The molecule has 0 spiro atoms. The molecule has 1 unspecified atom stereocenters. The Labute approximate surface area is 171 Å². The maximum absolute atomic E-state index is 13.1. The number of carbonyl (C=O) groups excluding carboxylic acids is 2. The Bertz CT molecular complexity index is 854. The molecule has 156 valence electrons. The molecule has 3 N–H and O–H groups in total. The van der Waals surface area contributed by atoms with Crippen molar-refractivity contribution in [3.63, 3.8) is 0 Å². The maximum Gasteiger partial charge on any atom is 0.271 e. The van der Waals surface area contributed by atoms with Crippen molar-refractivity contribution in [2.75, 3.05) is 7.05 Å².